The van der Waals surface area contributed by atoms with Crippen LogP contribution >= 0.6 is 7.37 Å². The van der Waals surface area contributed by atoms with Crippen LogP contribution in [0.25, 0.3) is 0 Å². The first kappa shape index (κ1) is 21.4. The normalized spacial score (nSPS) is 20.4. The van der Waals surface area contributed by atoms with Gasteiger partial charge in [0.15, 0.2) is 5.78 Å². The van der Waals surface area contributed by atoms with Crippen LogP contribution in [0.5, 0.6) is 0 Å². The van der Waals surface area contributed by atoms with Crippen molar-refractivity contribution in [3.8, 4) is 0 Å². The number of nitrogens with one attached hydrogen (secondary N) is 1. The van der Waals surface area contributed by atoms with Crippen LogP contribution in [-0.2, 0) is 32.5 Å². The third kappa shape index (κ3) is 4.84. The third-order valence-electron chi connectivity index (χ3n) is 5.40. The summed E-state index contributed by atoms with van der Waals surface area (Å²) in [5.41, 5.74) is 0.340. The second-order valence-electron chi connectivity index (χ2n) is 7.48. The summed E-state index contributed by atoms with van der Waals surface area (Å²) in [4.78, 5) is 35.5. The third-order valence-corrected chi connectivity index (χ3v) is 7.20. The number of carbonyl (C=O) groups is 2. The van der Waals surface area contributed by atoms with Crippen LogP contribution in [0.2, 0.25) is 0 Å². The molecule has 0 aliphatic carbocycles. The lowest BCUT2D eigenvalue weighted by atomic mass is 9.79. The predicted molar refractivity (Wildman–Crippen MR) is 111 cm³/mol. The van der Waals surface area contributed by atoms with Gasteiger partial charge in [-0.2, -0.15) is 0 Å². The number of ketones is 1. The Labute approximate surface area is 170 Å². The van der Waals surface area contributed by atoms with E-state index in [1.807, 2.05) is 30.3 Å². The van der Waals surface area contributed by atoms with Crippen molar-refractivity contribution in [3.63, 3.8) is 0 Å². The Morgan fingerprint density at radius 1 is 1.03 bits per heavy atom. The molecule has 2 aromatic rings. The van der Waals surface area contributed by atoms with Gasteiger partial charge in [-0.25, -0.2) is 4.79 Å². The molecule has 1 heterocycles. The summed E-state index contributed by atoms with van der Waals surface area (Å²) in [6.45, 7) is 0.321. The molecule has 154 valence electrons. The highest BCUT2D eigenvalue weighted by molar-refractivity contribution is 7.59. The van der Waals surface area contributed by atoms with Crippen molar-refractivity contribution in [2.24, 2.45) is 0 Å². The van der Waals surface area contributed by atoms with Gasteiger partial charge in [0.1, 0.15) is 0 Å². The van der Waals surface area contributed by atoms with Crippen LogP contribution in [0.15, 0.2) is 54.6 Å². The van der Waals surface area contributed by atoms with Crippen LogP contribution in [0, 0.1) is 0 Å². The van der Waals surface area contributed by atoms with Crippen molar-refractivity contribution in [1.82, 2.24) is 5.32 Å². The fourth-order valence-electron chi connectivity index (χ4n) is 3.90. The molecule has 0 saturated carbocycles. The van der Waals surface area contributed by atoms with E-state index in [2.05, 4.69) is 5.32 Å². The number of unbranched alkanes of at least 4 members (excludes halogenated alkanes) is 1. The number of carboxylic acid groups (broad SMARTS) is 1. The van der Waals surface area contributed by atoms with Crippen LogP contribution in [0.3, 0.4) is 0 Å². The summed E-state index contributed by atoms with van der Waals surface area (Å²) >= 11 is 0. The number of carbonyl (C=O) groups excluding carboxylic acids is 1. The van der Waals surface area contributed by atoms with Crippen LogP contribution in [0.4, 0.5) is 0 Å². The molecule has 2 atom stereocenters. The number of Topliss-reactive ketones (excluding diaryl/α,β-unsaturated/α-hetero) is 1. The molecule has 1 aliphatic heterocycles. The van der Waals surface area contributed by atoms with Gasteiger partial charge in [-0.15, -0.1) is 0 Å². The molecule has 0 bridgehead atoms. The zero-order chi connectivity index (χ0) is 20.9. The summed E-state index contributed by atoms with van der Waals surface area (Å²) < 4.78 is 12.7. The Balaban J connectivity index is 1.67. The summed E-state index contributed by atoms with van der Waals surface area (Å²) in [6.07, 6.45) is 1.99. The highest BCUT2D eigenvalue weighted by atomic mass is 31.2. The SMILES string of the molecule is O=C(O)C1(C(=O)CP(=O)(O)CCCCc2ccccc2)NCCc2ccccc21. The number of aliphatic carboxylic acids is 1. The number of rotatable bonds is 9. The summed E-state index contributed by atoms with van der Waals surface area (Å²) in [5.74, 6) is -2.09. The number of aryl methyl sites for hydroxylation is 1. The molecule has 6 nitrogen and oxygen atoms in total. The molecule has 0 radical (unpaired) electrons. The number of fused-ring (bicyclic) bond motifs is 1. The molecule has 0 saturated heterocycles. The highest BCUT2D eigenvalue weighted by Crippen LogP contribution is 2.44. The smallest absolute Gasteiger partial charge is 0.336 e. The Morgan fingerprint density at radius 2 is 1.72 bits per heavy atom. The lowest BCUT2D eigenvalue weighted by molar-refractivity contribution is -0.150. The van der Waals surface area contributed by atoms with Gasteiger partial charge in [0.2, 0.25) is 12.9 Å². The van der Waals surface area contributed by atoms with Crippen molar-refractivity contribution in [3.05, 3.63) is 71.3 Å². The zero-order valence-corrected chi connectivity index (χ0v) is 17.1. The Bertz CT molecular complexity index is 930. The highest BCUT2D eigenvalue weighted by Gasteiger charge is 2.51. The molecule has 0 aromatic heterocycles. The van der Waals surface area contributed by atoms with Crippen LogP contribution < -0.4 is 5.32 Å². The number of hydrogen-bond donors (Lipinski definition) is 3. The lowest BCUT2D eigenvalue weighted by Gasteiger charge is -2.35. The summed E-state index contributed by atoms with van der Waals surface area (Å²) in [5, 5.41) is 12.7. The van der Waals surface area contributed by atoms with Gasteiger partial charge in [0.05, 0.1) is 6.16 Å². The minimum absolute atomic E-state index is 0.00290. The first-order chi connectivity index (χ1) is 13.8. The number of carboxylic acids is 1. The quantitative estimate of drug-likeness (QED) is 0.331. The van der Waals surface area contributed by atoms with Gasteiger partial charge in [-0.3, -0.25) is 14.7 Å². The second-order valence-corrected chi connectivity index (χ2v) is 9.94. The predicted octanol–water partition coefficient (Wildman–Crippen LogP) is 2.97. The maximum absolute atomic E-state index is 13.0. The number of hydrogen-bond acceptors (Lipinski definition) is 4. The molecule has 0 spiro atoms. The van der Waals surface area contributed by atoms with Gasteiger partial charge in [0.25, 0.3) is 0 Å². The van der Waals surface area contributed by atoms with Crippen molar-refractivity contribution >= 4 is 19.1 Å². The molecule has 0 fully saturated rings. The fraction of sp³-hybridized carbons (Fsp3) is 0.364. The number of benzene rings is 2. The van der Waals surface area contributed by atoms with Crippen molar-refractivity contribution in [1.29, 1.82) is 0 Å². The van der Waals surface area contributed by atoms with Crippen molar-refractivity contribution in [2.75, 3.05) is 18.9 Å². The molecule has 2 aromatic carbocycles. The Morgan fingerprint density at radius 3 is 2.45 bits per heavy atom. The topological polar surface area (TPSA) is 104 Å². The van der Waals surface area contributed by atoms with E-state index in [-0.39, 0.29) is 6.16 Å². The summed E-state index contributed by atoms with van der Waals surface area (Å²) in [6, 6.07) is 16.7. The van der Waals surface area contributed by atoms with E-state index in [1.54, 1.807) is 24.3 Å². The van der Waals surface area contributed by atoms with E-state index in [0.717, 1.165) is 24.0 Å². The molecule has 3 rings (SSSR count). The summed E-state index contributed by atoms with van der Waals surface area (Å²) in [7, 11) is -3.78. The molecule has 1 aliphatic rings. The minimum Gasteiger partial charge on any atom is -0.479 e. The van der Waals surface area contributed by atoms with Gasteiger partial charge in [-0.05, 0) is 42.4 Å². The average molecular weight is 415 g/mol. The largest absolute Gasteiger partial charge is 0.479 e. The van der Waals surface area contributed by atoms with Gasteiger partial charge in [0, 0.05) is 12.7 Å². The monoisotopic (exact) mass is 415 g/mol. The maximum atomic E-state index is 13.0. The first-order valence-electron chi connectivity index (χ1n) is 9.80. The van der Waals surface area contributed by atoms with Gasteiger partial charge >= 0.3 is 5.97 Å². The Hall–Kier alpha value is -2.27. The van der Waals surface area contributed by atoms with E-state index >= 15 is 0 Å². The van der Waals surface area contributed by atoms with Crippen molar-refractivity contribution in [2.45, 2.75) is 31.2 Å². The van der Waals surface area contributed by atoms with E-state index in [9.17, 15) is 24.2 Å². The van der Waals surface area contributed by atoms with E-state index < -0.39 is 30.8 Å². The lowest BCUT2D eigenvalue weighted by Crippen LogP contribution is -2.59. The molecule has 29 heavy (non-hydrogen) atoms. The fourth-order valence-corrected chi connectivity index (χ4v) is 5.46. The van der Waals surface area contributed by atoms with Gasteiger partial charge in [-0.1, -0.05) is 54.6 Å². The molecular weight excluding hydrogens is 389 g/mol. The average Bonchev–Trinajstić information content (AvgIpc) is 2.71. The maximum Gasteiger partial charge on any atom is 0.336 e. The van der Waals surface area contributed by atoms with Gasteiger partial charge < -0.3 is 10.00 Å². The first-order valence-corrected chi connectivity index (χ1v) is 11.8. The van der Waals surface area contributed by atoms with Crippen LogP contribution in [0.1, 0.15) is 29.5 Å². The molecular formula is C22H26NO5P. The Kier molecular flexibility index (Phi) is 6.68. The standard InChI is InChI=1S/C22H26NO5P/c24-20(16-29(27,28)15-7-6-10-17-8-2-1-3-9-17)22(21(25)26)19-12-5-4-11-18(19)13-14-23-22/h1-5,8-9,11-12,23H,6-7,10,13-16H2,(H,25,26)(H,27,28). The molecule has 3 N–H and O–H groups in total. The van der Waals surface area contributed by atoms with Crippen molar-refractivity contribution < 1.29 is 24.2 Å². The second kappa shape index (κ2) is 9.04. The molecule has 2 unspecified atom stereocenters. The van der Waals surface area contributed by atoms with E-state index in [0.29, 0.717) is 24.9 Å². The minimum atomic E-state index is -3.78. The molecule has 7 heteroatoms. The molecule has 0 amide bonds. The van der Waals surface area contributed by atoms with Crippen LogP contribution in [-0.4, -0.2) is 40.6 Å². The zero-order valence-electron chi connectivity index (χ0n) is 16.2. The van der Waals surface area contributed by atoms with E-state index in [1.165, 1.54) is 0 Å². The van der Waals surface area contributed by atoms with E-state index in [4.69, 9.17) is 0 Å².